The fraction of sp³-hybridized carbons (Fsp3) is 0.100. The van der Waals surface area contributed by atoms with Gasteiger partial charge in [-0.3, -0.25) is 24.5 Å². The monoisotopic (exact) mass is 736 g/mol. The van der Waals surface area contributed by atoms with Crippen molar-refractivity contribution >= 4 is 60.4 Å². The lowest BCUT2D eigenvalue weighted by Gasteiger charge is -2.21. The molecule has 2 aliphatic rings. The van der Waals surface area contributed by atoms with E-state index in [4.69, 9.17) is 21.1 Å². The number of nitrogen functional groups attached to an aromatic ring is 1. The summed E-state index contributed by atoms with van der Waals surface area (Å²) < 4.78 is 77.3. The molecule has 2 heterocycles. The third-order valence-corrected chi connectivity index (χ3v) is 9.22. The molecule has 262 valence electrons. The molecule has 0 unspecified atom stereocenters. The number of anilines is 2. The number of nitrogens with zero attached hydrogens (tertiary/aromatic N) is 4. The molecule has 0 radical (unpaired) electrons. The predicted molar refractivity (Wildman–Crippen MR) is 175 cm³/mol. The topological polar surface area (TPSA) is 333 Å². The molecule has 3 aromatic rings. The summed E-state index contributed by atoms with van der Waals surface area (Å²) in [6.45, 7) is -0.137. The zero-order valence-corrected chi connectivity index (χ0v) is 27.4. The zero-order valence-electron chi connectivity index (χ0n) is 25.7. The lowest BCUT2D eigenvalue weighted by molar-refractivity contribution is -0.176. The highest BCUT2D eigenvalue weighted by Crippen LogP contribution is 2.45. The molecule has 2 aromatic carbocycles. The van der Waals surface area contributed by atoms with Crippen LogP contribution in [0.25, 0.3) is 43.9 Å². The smallest absolute Gasteiger partial charge is 0.336 e. The average molecular weight is 737 g/mol. The maximum atomic E-state index is 13.0. The Kier molecular flexibility index (Phi) is 9.76. The van der Waals surface area contributed by atoms with Gasteiger partial charge in [0.05, 0.1) is 29.7 Å². The van der Waals surface area contributed by atoms with Gasteiger partial charge < -0.3 is 30.4 Å². The number of rotatable bonds is 11. The van der Waals surface area contributed by atoms with Crippen LogP contribution in [0.15, 0.2) is 80.1 Å². The highest BCUT2D eigenvalue weighted by molar-refractivity contribution is 7.86. The Balaban J connectivity index is 1.52. The largest absolute Gasteiger partial charge is 0.744 e. The van der Waals surface area contributed by atoms with Crippen molar-refractivity contribution in [2.75, 3.05) is 17.6 Å². The van der Waals surface area contributed by atoms with Crippen molar-refractivity contribution in [1.82, 2.24) is 10.3 Å². The number of aromatic nitrogens is 1. The van der Waals surface area contributed by atoms with Crippen LogP contribution in [-0.4, -0.2) is 60.4 Å². The maximum Gasteiger partial charge on any atom is 0.336 e. The number of azide groups is 1. The molecule has 19 nitrogen and oxygen atoms in total. The summed E-state index contributed by atoms with van der Waals surface area (Å²) in [4.78, 5) is 42.6. The average Bonchev–Trinajstić information content (AvgIpc) is 3.05. The van der Waals surface area contributed by atoms with Gasteiger partial charge in [0.2, 0.25) is 16.2 Å². The third kappa shape index (κ3) is 7.46. The Morgan fingerprint density at radius 2 is 1.76 bits per heavy atom. The lowest BCUT2D eigenvalue weighted by atomic mass is 9.89. The number of benzene rings is 3. The molecule has 0 fully saturated rings. The number of carbonyl (C=O) groups is 3. The molecule has 0 saturated carbocycles. The number of hydrogen-bond acceptors (Lipinski definition) is 12. The summed E-state index contributed by atoms with van der Waals surface area (Å²) >= 11 is 0. The van der Waals surface area contributed by atoms with E-state index >= 15 is 0 Å². The summed E-state index contributed by atoms with van der Waals surface area (Å²) in [5.74, 6) is -3.54. The van der Waals surface area contributed by atoms with Crippen molar-refractivity contribution in [3.8, 4) is 22.5 Å². The second-order valence-electron chi connectivity index (χ2n) is 10.7. The molecule has 1 aliphatic carbocycles. The minimum Gasteiger partial charge on any atom is -0.744 e. The molecule has 1 aliphatic heterocycles. The third-order valence-electron chi connectivity index (χ3n) is 7.36. The van der Waals surface area contributed by atoms with Gasteiger partial charge in [0, 0.05) is 51.7 Å². The highest BCUT2D eigenvalue weighted by atomic mass is 32.2. The van der Waals surface area contributed by atoms with E-state index < -0.39 is 75.8 Å². The van der Waals surface area contributed by atoms with Crippen LogP contribution in [0, 0.1) is 0 Å². The molecular formula is C30H24N8O11S2. The SMILES string of the molecule is [N-]=[N+]=NCc1ccc(NC(=O)CCNC(=O)c2ccc(-c3c4ccc(=[NH2+])c(S(=O)(=O)O)c-4oc4c(S(=O)(=O)[O-])c(N)ccc34)c(C(=O)O)c2)cn1. The number of nitrogens with two attached hydrogens (primary N) is 2. The highest BCUT2D eigenvalue weighted by Gasteiger charge is 2.32. The summed E-state index contributed by atoms with van der Waals surface area (Å²) in [5.41, 5.74) is 12.5. The van der Waals surface area contributed by atoms with E-state index in [0.29, 0.717) is 11.4 Å². The number of carbonyl (C=O) groups excluding carboxylic acids is 2. The second kappa shape index (κ2) is 13.9. The predicted octanol–water partition coefficient (Wildman–Crippen LogP) is 1.26. The van der Waals surface area contributed by atoms with Crippen LogP contribution in [0.4, 0.5) is 11.4 Å². The molecule has 0 atom stereocenters. The van der Waals surface area contributed by atoms with E-state index in [1.54, 1.807) is 12.1 Å². The first kappa shape index (κ1) is 35.9. The summed E-state index contributed by atoms with van der Waals surface area (Å²) in [6, 6.07) is 11.0. The van der Waals surface area contributed by atoms with Crippen LogP contribution in [0.1, 0.15) is 32.8 Å². The Bertz CT molecular complexity index is 2570. The van der Waals surface area contributed by atoms with E-state index in [-0.39, 0.29) is 47.2 Å². The van der Waals surface area contributed by atoms with Crippen molar-refractivity contribution in [3.05, 3.63) is 93.4 Å². The molecule has 8 N–H and O–H groups in total. The fourth-order valence-corrected chi connectivity index (χ4v) is 6.69. The Morgan fingerprint density at radius 3 is 2.39 bits per heavy atom. The number of carboxylic acids is 1. The number of fused-ring (bicyclic) bond motifs is 2. The Morgan fingerprint density at radius 1 is 1.04 bits per heavy atom. The van der Waals surface area contributed by atoms with Crippen molar-refractivity contribution in [1.29, 1.82) is 0 Å². The van der Waals surface area contributed by atoms with Crippen molar-refractivity contribution in [2.45, 2.75) is 22.8 Å². The summed E-state index contributed by atoms with van der Waals surface area (Å²) in [7, 11) is -10.6. The molecule has 21 heteroatoms. The first-order valence-electron chi connectivity index (χ1n) is 14.3. The minimum absolute atomic E-state index is 0.0293. The lowest BCUT2D eigenvalue weighted by Crippen LogP contribution is -2.47. The summed E-state index contributed by atoms with van der Waals surface area (Å²) in [5, 5.41) is 23.8. The number of hydrogen-bond donors (Lipinski definition) is 6. The van der Waals surface area contributed by atoms with Crippen LogP contribution in [0.2, 0.25) is 0 Å². The normalized spacial score (nSPS) is 11.6. The van der Waals surface area contributed by atoms with E-state index in [0.717, 1.165) is 18.2 Å². The van der Waals surface area contributed by atoms with Crippen molar-refractivity contribution < 1.29 is 55.3 Å². The van der Waals surface area contributed by atoms with Gasteiger partial charge in [-0.2, -0.15) is 8.42 Å². The first-order chi connectivity index (χ1) is 24.0. The quantitative estimate of drug-likeness (QED) is 0.0278. The number of aromatic carboxylic acids is 1. The van der Waals surface area contributed by atoms with Gasteiger partial charge in [-0.25, -0.2) is 13.2 Å². The van der Waals surface area contributed by atoms with Crippen molar-refractivity contribution in [2.24, 2.45) is 5.11 Å². The molecule has 51 heavy (non-hydrogen) atoms. The van der Waals surface area contributed by atoms with E-state index in [1.807, 2.05) is 0 Å². The zero-order chi connectivity index (χ0) is 37.2. The van der Waals surface area contributed by atoms with Gasteiger partial charge in [0.1, 0.15) is 15.0 Å². The molecule has 0 bridgehead atoms. The second-order valence-corrected chi connectivity index (χ2v) is 13.3. The van der Waals surface area contributed by atoms with Gasteiger partial charge in [-0.1, -0.05) is 11.2 Å². The van der Waals surface area contributed by atoms with Crippen LogP contribution in [0.5, 0.6) is 0 Å². The van der Waals surface area contributed by atoms with Gasteiger partial charge in [0.15, 0.2) is 11.3 Å². The Hall–Kier alpha value is -6.38. The number of nitrogens with one attached hydrogen (secondary N) is 2. The van der Waals surface area contributed by atoms with Gasteiger partial charge >= 0.3 is 16.1 Å². The maximum absolute atomic E-state index is 13.0. The van der Waals surface area contributed by atoms with Crippen LogP contribution >= 0.6 is 0 Å². The van der Waals surface area contributed by atoms with Gasteiger partial charge in [-0.15, -0.1) is 0 Å². The number of amides is 2. The molecule has 0 spiro atoms. The molecule has 2 amide bonds. The molecule has 5 rings (SSSR count). The number of carboxylic acid groups (broad SMARTS) is 1. The van der Waals surface area contributed by atoms with Crippen LogP contribution in [0.3, 0.4) is 0 Å². The first-order valence-corrected chi connectivity index (χ1v) is 17.1. The van der Waals surface area contributed by atoms with E-state index in [9.17, 15) is 45.4 Å². The summed E-state index contributed by atoms with van der Waals surface area (Å²) in [6.07, 6.45) is 1.17. The molecule has 0 saturated heterocycles. The molecular weight excluding hydrogens is 713 g/mol. The minimum atomic E-state index is -5.40. The Labute approximate surface area is 286 Å². The van der Waals surface area contributed by atoms with Crippen LogP contribution < -0.4 is 27.1 Å². The van der Waals surface area contributed by atoms with E-state index in [1.165, 1.54) is 30.5 Å². The molecule has 1 aromatic heterocycles. The van der Waals surface area contributed by atoms with Gasteiger partial charge in [-0.05, 0) is 53.6 Å². The van der Waals surface area contributed by atoms with Crippen LogP contribution in [-0.2, 0) is 31.6 Å². The standard InChI is InChI=1S/C30H24N8O11S2/c31-21-7-5-18-24(19-6-8-22(32)28(51(46,47)48)26(19)49-25(18)27(21)50(43,44)45)17-4-1-14(11-20(17)30(41)42)29(40)34-10-9-23(39)37-16-3-2-15(35-12-16)13-36-38-33/h1-8,11-12,31H,9-10,13,32H2,(H,34,40)(H,37,39)(H,41,42)(H,43,44,45)(H,46,47,48). The fourth-order valence-electron chi connectivity index (χ4n) is 5.21. The van der Waals surface area contributed by atoms with E-state index in [2.05, 4.69) is 25.6 Å². The number of pyridine rings is 1. The van der Waals surface area contributed by atoms with Gasteiger partial charge in [0.25, 0.3) is 5.91 Å². The van der Waals surface area contributed by atoms with Crippen molar-refractivity contribution in [3.63, 3.8) is 0 Å².